The van der Waals surface area contributed by atoms with Crippen LogP contribution < -0.4 is 0 Å². The fourth-order valence-electron chi connectivity index (χ4n) is 0.947. The minimum atomic E-state index is -1.69. The van der Waals surface area contributed by atoms with Gasteiger partial charge in [0.1, 0.15) is 5.41 Å². The molecule has 16 heavy (non-hydrogen) atoms. The highest BCUT2D eigenvalue weighted by molar-refractivity contribution is 9.09. The molecule has 0 saturated heterocycles. The number of hydrogen-bond donors (Lipinski definition) is 4. The van der Waals surface area contributed by atoms with Crippen LogP contribution in [0.5, 0.6) is 0 Å². The molecule has 5 nitrogen and oxygen atoms in total. The Hall–Kier alpha value is 0.400. The van der Waals surface area contributed by atoms with Gasteiger partial charge < -0.3 is 20.4 Å². The van der Waals surface area contributed by atoms with Crippen LogP contribution in [0.1, 0.15) is 6.92 Å². The molecule has 1 atom stereocenters. The molecular formula is C8H16O5S3. The van der Waals surface area contributed by atoms with Crippen molar-refractivity contribution in [1.82, 2.24) is 0 Å². The normalized spacial score (nSPS) is 13.8. The van der Waals surface area contributed by atoms with E-state index in [9.17, 15) is 4.79 Å². The molecule has 96 valence electrons. The van der Waals surface area contributed by atoms with E-state index in [0.29, 0.717) is 0 Å². The van der Waals surface area contributed by atoms with Crippen LogP contribution in [-0.4, -0.2) is 57.2 Å². The molecule has 0 aliphatic carbocycles. The Morgan fingerprint density at radius 2 is 1.88 bits per heavy atom. The average molecular weight is 288 g/mol. The monoisotopic (exact) mass is 288 g/mol. The first-order valence-electron chi connectivity index (χ1n) is 4.60. The molecule has 0 radical (unpaired) electrons. The van der Waals surface area contributed by atoms with Gasteiger partial charge in [-0.25, -0.2) is 0 Å². The van der Waals surface area contributed by atoms with E-state index in [4.69, 9.17) is 20.4 Å². The van der Waals surface area contributed by atoms with Crippen molar-refractivity contribution in [3.05, 3.63) is 0 Å². The summed E-state index contributed by atoms with van der Waals surface area (Å²) >= 11 is 0. The van der Waals surface area contributed by atoms with Crippen LogP contribution in [-0.2, 0) is 4.79 Å². The maximum atomic E-state index is 11.1. The van der Waals surface area contributed by atoms with Gasteiger partial charge in [0.15, 0.2) is 0 Å². The first-order valence-corrected chi connectivity index (χ1v) is 8.31. The smallest absolute Gasteiger partial charge is 0.315 e. The van der Waals surface area contributed by atoms with Crippen LogP contribution >= 0.6 is 31.4 Å². The number of carbonyl (C=O) groups is 1. The molecule has 0 amide bonds. The highest BCUT2D eigenvalue weighted by Crippen LogP contribution is 2.43. The molecule has 0 heterocycles. The molecule has 0 spiro atoms. The Bertz CT molecular complexity index is 210. The molecule has 0 aromatic heterocycles. The Labute approximate surface area is 106 Å². The summed E-state index contributed by atoms with van der Waals surface area (Å²) in [5.74, 6) is -0.445. The van der Waals surface area contributed by atoms with Gasteiger partial charge in [-0.2, -0.15) is 0 Å². The van der Waals surface area contributed by atoms with Gasteiger partial charge in [0.05, 0.1) is 25.1 Å². The van der Waals surface area contributed by atoms with Gasteiger partial charge in [-0.3, -0.25) is 4.79 Å². The van der Waals surface area contributed by atoms with E-state index in [1.165, 1.54) is 20.6 Å². The zero-order valence-corrected chi connectivity index (χ0v) is 11.3. The van der Waals surface area contributed by atoms with Crippen molar-refractivity contribution in [2.45, 2.75) is 12.2 Å². The van der Waals surface area contributed by atoms with Crippen molar-refractivity contribution < 1.29 is 25.2 Å². The summed E-state index contributed by atoms with van der Waals surface area (Å²) in [5.41, 5.74) is -1.69. The quantitative estimate of drug-likeness (QED) is 0.359. The number of carboxylic acids is 1. The van der Waals surface area contributed by atoms with Crippen molar-refractivity contribution in [2.24, 2.45) is 5.41 Å². The Balaban J connectivity index is 4.64. The van der Waals surface area contributed by atoms with Crippen molar-refractivity contribution in [2.75, 3.05) is 25.6 Å². The lowest BCUT2D eigenvalue weighted by molar-refractivity contribution is -0.155. The molecule has 0 aliphatic rings. The number of hydrogen-bond acceptors (Lipinski definition) is 7. The number of aliphatic hydroxyl groups excluding tert-OH is 3. The highest BCUT2D eigenvalue weighted by Gasteiger charge is 2.45. The summed E-state index contributed by atoms with van der Waals surface area (Å²) in [5, 5.41) is 35.7. The molecule has 0 fully saturated rings. The van der Waals surface area contributed by atoms with Crippen LogP contribution in [0.25, 0.3) is 0 Å². The molecule has 4 N–H and O–H groups in total. The highest BCUT2D eigenvalue weighted by atomic mass is 33.5. The second kappa shape index (κ2) is 8.48. The summed E-state index contributed by atoms with van der Waals surface area (Å²) in [6.07, 6.45) is 0. The topological polar surface area (TPSA) is 98.0 Å². The van der Waals surface area contributed by atoms with Crippen molar-refractivity contribution in [3.8, 4) is 0 Å². The fourth-order valence-corrected chi connectivity index (χ4v) is 5.38. The standard InChI is InChI=1S/C8H16O5S3/c1-2-14-16-15-6(3-9)8(4-10,5-11)7(12)13/h6,9-11H,2-5H2,1H3,(H,12,13). The Morgan fingerprint density at radius 1 is 1.31 bits per heavy atom. The van der Waals surface area contributed by atoms with E-state index < -0.39 is 36.5 Å². The number of rotatable bonds is 9. The van der Waals surface area contributed by atoms with Crippen LogP contribution in [0.2, 0.25) is 0 Å². The molecule has 8 heteroatoms. The third-order valence-corrected chi connectivity index (χ3v) is 6.84. The van der Waals surface area contributed by atoms with Gasteiger partial charge in [-0.1, -0.05) is 28.5 Å². The summed E-state index contributed by atoms with van der Waals surface area (Å²) in [7, 11) is 4.02. The Kier molecular flexibility index (Phi) is 8.70. The lowest BCUT2D eigenvalue weighted by atomic mass is 9.86. The van der Waals surface area contributed by atoms with E-state index in [0.717, 1.165) is 16.5 Å². The van der Waals surface area contributed by atoms with Gasteiger partial charge in [0, 0.05) is 5.75 Å². The molecule has 0 aromatic rings. The maximum Gasteiger partial charge on any atom is 0.315 e. The SMILES string of the molecule is CCSSSC(CO)C(CO)(CO)C(=O)O. The molecule has 0 aliphatic heterocycles. The summed E-state index contributed by atoms with van der Waals surface area (Å²) in [6.45, 7) is 0.146. The largest absolute Gasteiger partial charge is 0.481 e. The van der Waals surface area contributed by atoms with Gasteiger partial charge in [0.25, 0.3) is 0 Å². The zero-order chi connectivity index (χ0) is 12.6. The van der Waals surface area contributed by atoms with E-state index in [2.05, 4.69) is 0 Å². The van der Waals surface area contributed by atoms with Crippen molar-refractivity contribution in [3.63, 3.8) is 0 Å². The van der Waals surface area contributed by atoms with Crippen LogP contribution in [0.15, 0.2) is 0 Å². The van der Waals surface area contributed by atoms with Crippen molar-refractivity contribution in [1.29, 1.82) is 0 Å². The number of aliphatic carboxylic acids is 1. The summed E-state index contributed by atoms with van der Waals surface area (Å²) in [6, 6.07) is 0. The predicted octanol–water partition coefficient (Wildman–Crippen LogP) is 0.452. The lowest BCUT2D eigenvalue weighted by Gasteiger charge is -2.31. The molecule has 0 aromatic carbocycles. The second-order valence-electron chi connectivity index (χ2n) is 3.02. The predicted molar refractivity (Wildman–Crippen MR) is 68.4 cm³/mol. The fraction of sp³-hybridized carbons (Fsp3) is 0.875. The molecular weight excluding hydrogens is 272 g/mol. The zero-order valence-electron chi connectivity index (χ0n) is 8.83. The van der Waals surface area contributed by atoms with E-state index in [-0.39, 0.29) is 0 Å². The molecule has 0 saturated carbocycles. The van der Waals surface area contributed by atoms with Gasteiger partial charge in [-0.15, -0.1) is 0 Å². The van der Waals surface area contributed by atoms with Gasteiger partial charge in [0.2, 0.25) is 0 Å². The first-order chi connectivity index (χ1) is 7.58. The minimum Gasteiger partial charge on any atom is -0.481 e. The number of carboxylic acid groups (broad SMARTS) is 1. The lowest BCUT2D eigenvalue weighted by Crippen LogP contribution is -2.48. The second-order valence-corrected chi connectivity index (χ2v) is 7.65. The summed E-state index contributed by atoms with van der Waals surface area (Å²) < 4.78 is 0. The third-order valence-electron chi connectivity index (χ3n) is 2.09. The van der Waals surface area contributed by atoms with E-state index >= 15 is 0 Å². The van der Waals surface area contributed by atoms with Crippen LogP contribution in [0.4, 0.5) is 0 Å². The van der Waals surface area contributed by atoms with Gasteiger partial charge >= 0.3 is 5.97 Å². The molecule has 1 unspecified atom stereocenters. The third kappa shape index (κ3) is 4.01. The molecule has 0 rings (SSSR count). The van der Waals surface area contributed by atoms with Crippen LogP contribution in [0.3, 0.4) is 0 Å². The van der Waals surface area contributed by atoms with Crippen LogP contribution in [0, 0.1) is 5.41 Å². The summed E-state index contributed by atoms with van der Waals surface area (Å²) in [4.78, 5) is 11.1. The minimum absolute atomic E-state index is 0.407. The first kappa shape index (κ1) is 16.4. The van der Waals surface area contributed by atoms with E-state index in [1.807, 2.05) is 6.92 Å². The van der Waals surface area contributed by atoms with Crippen molar-refractivity contribution >= 4 is 37.4 Å². The maximum absolute atomic E-state index is 11.1. The Morgan fingerprint density at radius 3 is 2.19 bits per heavy atom. The number of aliphatic hydroxyl groups is 3. The van der Waals surface area contributed by atoms with Gasteiger partial charge in [-0.05, 0) is 9.83 Å². The molecule has 0 bridgehead atoms. The average Bonchev–Trinajstić information content (AvgIpc) is 2.28. The van der Waals surface area contributed by atoms with E-state index in [1.54, 1.807) is 0 Å².